The summed E-state index contributed by atoms with van der Waals surface area (Å²) in [5.41, 5.74) is 2.82. The molecule has 0 saturated carbocycles. The van der Waals surface area contributed by atoms with E-state index in [-0.39, 0.29) is 35.5 Å². The van der Waals surface area contributed by atoms with Gasteiger partial charge in [0.05, 0.1) is 7.11 Å². The standard InChI is InChI=1S/C22H27FN4O2.HI/c1-3-24-22(25-10-8-15-4-6-18(29-2)13-21(15)28)26-11-9-16-14-27-20-7-5-17(23)12-19(16)20;/h4-7,12-14,27-28H,3,8-11H2,1-2H3,(H2,24,25,26);1H. The van der Waals surface area contributed by atoms with E-state index >= 15 is 0 Å². The molecule has 0 atom stereocenters. The van der Waals surface area contributed by atoms with Gasteiger partial charge >= 0.3 is 0 Å². The van der Waals surface area contributed by atoms with E-state index in [4.69, 9.17) is 4.74 Å². The summed E-state index contributed by atoms with van der Waals surface area (Å²) < 4.78 is 18.6. The zero-order chi connectivity index (χ0) is 20.6. The molecule has 0 aliphatic rings. The highest BCUT2D eigenvalue weighted by atomic mass is 127. The number of aromatic hydroxyl groups is 1. The first-order valence-corrected chi connectivity index (χ1v) is 9.74. The summed E-state index contributed by atoms with van der Waals surface area (Å²) in [6.07, 6.45) is 3.28. The highest BCUT2D eigenvalue weighted by molar-refractivity contribution is 14.0. The van der Waals surface area contributed by atoms with Crippen LogP contribution in [0.1, 0.15) is 18.1 Å². The number of aromatic nitrogens is 1. The molecular formula is C22H28FIN4O2. The first-order chi connectivity index (χ1) is 14.1. The Hall–Kier alpha value is -2.49. The van der Waals surface area contributed by atoms with Crippen molar-refractivity contribution in [3.05, 3.63) is 59.5 Å². The van der Waals surface area contributed by atoms with E-state index < -0.39 is 0 Å². The van der Waals surface area contributed by atoms with Crippen molar-refractivity contribution in [1.82, 2.24) is 15.6 Å². The third kappa shape index (κ3) is 6.25. The van der Waals surface area contributed by atoms with Crippen LogP contribution in [0.4, 0.5) is 4.39 Å². The number of phenols is 1. The van der Waals surface area contributed by atoms with Crippen molar-refractivity contribution in [3.8, 4) is 11.5 Å². The molecule has 0 spiro atoms. The lowest BCUT2D eigenvalue weighted by atomic mass is 10.1. The van der Waals surface area contributed by atoms with Crippen molar-refractivity contribution < 1.29 is 14.2 Å². The van der Waals surface area contributed by atoms with Crippen LogP contribution in [-0.2, 0) is 12.8 Å². The van der Waals surface area contributed by atoms with Crippen LogP contribution in [0.15, 0.2) is 47.6 Å². The Bertz CT molecular complexity index is 990. The predicted octanol–water partition coefficient (Wildman–Crippen LogP) is 3.98. The zero-order valence-electron chi connectivity index (χ0n) is 17.2. The third-order valence-electron chi connectivity index (χ3n) is 4.70. The molecule has 8 heteroatoms. The van der Waals surface area contributed by atoms with Crippen molar-refractivity contribution in [2.24, 2.45) is 4.99 Å². The Labute approximate surface area is 193 Å². The Morgan fingerprint density at radius 2 is 1.97 bits per heavy atom. The quantitative estimate of drug-likeness (QED) is 0.204. The lowest BCUT2D eigenvalue weighted by Gasteiger charge is -2.11. The van der Waals surface area contributed by atoms with Gasteiger partial charge in [-0.05, 0) is 55.2 Å². The number of rotatable bonds is 8. The summed E-state index contributed by atoms with van der Waals surface area (Å²) in [6, 6.07) is 10.0. The summed E-state index contributed by atoms with van der Waals surface area (Å²) >= 11 is 0. The molecular weight excluding hydrogens is 498 g/mol. The van der Waals surface area contributed by atoms with E-state index in [1.165, 1.54) is 6.07 Å². The maximum Gasteiger partial charge on any atom is 0.191 e. The van der Waals surface area contributed by atoms with Crippen LogP contribution in [0.2, 0.25) is 0 Å². The molecule has 0 saturated heterocycles. The third-order valence-corrected chi connectivity index (χ3v) is 4.70. The van der Waals surface area contributed by atoms with Crippen LogP contribution in [0.25, 0.3) is 10.9 Å². The number of phenolic OH excluding ortho intramolecular Hbond substituents is 1. The van der Waals surface area contributed by atoms with E-state index in [2.05, 4.69) is 20.6 Å². The smallest absolute Gasteiger partial charge is 0.191 e. The Morgan fingerprint density at radius 3 is 2.70 bits per heavy atom. The van der Waals surface area contributed by atoms with Gasteiger partial charge in [-0.25, -0.2) is 4.39 Å². The number of hydrogen-bond donors (Lipinski definition) is 4. The van der Waals surface area contributed by atoms with Crippen molar-refractivity contribution in [2.45, 2.75) is 19.8 Å². The van der Waals surface area contributed by atoms with Crippen molar-refractivity contribution >= 4 is 40.8 Å². The molecule has 4 N–H and O–H groups in total. The molecule has 0 aliphatic heterocycles. The largest absolute Gasteiger partial charge is 0.508 e. The lowest BCUT2D eigenvalue weighted by Crippen LogP contribution is -2.38. The molecule has 6 nitrogen and oxygen atoms in total. The molecule has 30 heavy (non-hydrogen) atoms. The van der Waals surface area contributed by atoms with E-state index in [0.29, 0.717) is 31.2 Å². The van der Waals surface area contributed by atoms with Crippen LogP contribution < -0.4 is 15.4 Å². The van der Waals surface area contributed by atoms with E-state index in [1.54, 1.807) is 25.3 Å². The van der Waals surface area contributed by atoms with Crippen LogP contribution in [-0.4, -0.2) is 42.8 Å². The van der Waals surface area contributed by atoms with Gasteiger partial charge in [-0.2, -0.15) is 0 Å². The number of aromatic amines is 1. The fourth-order valence-corrected chi connectivity index (χ4v) is 3.18. The number of ether oxygens (including phenoxy) is 1. The number of H-pyrrole nitrogens is 1. The van der Waals surface area contributed by atoms with E-state index in [9.17, 15) is 9.50 Å². The van der Waals surface area contributed by atoms with Crippen LogP contribution in [0, 0.1) is 5.82 Å². The van der Waals surface area contributed by atoms with Crippen molar-refractivity contribution in [2.75, 3.05) is 26.7 Å². The van der Waals surface area contributed by atoms with Gasteiger partial charge in [0.15, 0.2) is 5.96 Å². The highest BCUT2D eigenvalue weighted by Crippen LogP contribution is 2.23. The molecule has 1 heterocycles. The van der Waals surface area contributed by atoms with Gasteiger partial charge < -0.3 is 25.5 Å². The molecule has 3 aromatic rings. The van der Waals surface area contributed by atoms with Crippen LogP contribution >= 0.6 is 24.0 Å². The Balaban J connectivity index is 0.00000320. The number of guanidine groups is 1. The van der Waals surface area contributed by atoms with Gasteiger partial charge in [-0.3, -0.25) is 4.99 Å². The summed E-state index contributed by atoms with van der Waals surface area (Å²) in [5.74, 6) is 1.32. The molecule has 0 bridgehead atoms. The molecule has 0 aliphatic carbocycles. The van der Waals surface area contributed by atoms with Gasteiger partial charge in [-0.15, -0.1) is 24.0 Å². The second kappa shape index (κ2) is 11.6. The minimum absolute atomic E-state index is 0. The molecule has 0 fully saturated rings. The second-order valence-corrected chi connectivity index (χ2v) is 6.69. The number of methoxy groups -OCH3 is 1. The van der Waals surface area contributed by atoms with Gasteiger partial charge in [0, 0.05) is 42.8 Å². The summed E-state index contributed by atoms with van der Waals surface area (Å²) in [4.78, 5) is 7.74. The van der Waals surface area contributed by atoms with Crippen molar-refractivity contribution in [1.29, 1.82) is 0 Å². The molecule has 1 aromatic heterocycles. The van der Waals surface area contributed by atoms with Crippen LogP contribution in [0.3, 0.4) is 0 Å². The van der Waals surface area contributed by atoms with E-state index in [0.717, 1.165) is 35.0 Å². The molecule has 3 rings (SSSR count). The molecule has 2 aromatic carbocycles. The summed E-state index contributed by atoms with van der Waals surface area (Å²) in [6.45, 7) is 3.96. The number of halogens is 2. The number of nitrogens with one attached hydrogen (secondary N) is 3. The first-order valence-electron chi connectivity index (χ1n) is 9.74. The van der Waals surface area contributed by atoms with E-state index in [1.807, 2.05) is 25.3 Å². The maximum absolute atomic E-state index is 13.5. The van der Waals surface area contributed by atoms with Gasteiger partial charge in [0.2, 0.25) is 0 Å². The molecule has 0 radical (unpaired) electrons. The number of benzene rings is 2. The van der Waals surface area contributed by atoms with Gasteiger partial charge in [0.1, 0.15) is 17.3 Å². The topological polar surface area (TPSA) is 81.7 Å². The Morgan fingerprint density at radius 1 is 1.13 bits per heavy atom. The minimum Gasteiger partial charge on any atom is -0.508 e. The SMILES string of the molecule is CCNC(=NCCc1ccc(OC)cc1O)NCCc1c[nH]c2ccc(F)cc12.I. The second-order valence-electron chi connectivity index (χ2n) is 6.69. The number of nitrogens with zero attached hydrogens (tertiary/aromatic N) is 1. The number of aliphatic imine (C=N–C) groups is 1. The van der Waals surface area contributed by atoms with Gasteiger partial charge in [0.25, 0.3) is 0 Å². The summed E-state index contributed by atoms with van der Waals surface area (Å²) in [5, 5.41) is 17.5. The lowest BCUT2D eigenvalue weighted by molar-refractivity contribution is 0.406. The predicted molar refractivity (Wildman–Crippen MR) is 130 cm³/mol. The molecule has 0 unspecified atom stereocenters. The first kappa shape index (κ1) is 23.8. The number of hydrogen-bond acceptors (Lipinski definition) is 3. The summed E-state index contributed by atoms with van der Waals surface area (Å²) in [7, 11) is 1.57. The fraction of sp³-hybridized carbons (Fsp3) is 0.318. The maximum atomic E-state index is 13.5. The minimum atomic E-state index is -0.233. The number of fused-ring (bicyclic) bond motifs is 1. The fourth-order valence-electron chi connectivity index (χ4n) is 3.18. The van der Waals surface area contributed by atoms with Crippen molar-refractivity contribution in [3.63, 3.8) is 0 Å². The monoisotopic (exact) mass is 526 g/mol. The molecule has 0 amide bonds. The average Bonchev–Trinajstić information content (AvgIpc) is 3.11. The van der Waals surface area contributed by atoms with Crippen LogP contribution in [0.5, 0.6) is 11.5 Å². The van der Waals surface area contributed by atoms with Gasteiger partial charge in [-0.1, -0.05) is 6.07 Å². The molecule has 162 valence electrons. The Kier molecular flexibility index (Phi) is 9.22. The highest BCUT2D eigenvalue weighted by Gasteiger charge is 2.06. The zero-order valence-corrected chi connectivity index (χ0v) is 19.5. The normalized spacial score (nSPS) is 11.2. The average molecular weight is 526 g/mol.